The Hall–Kier alpha value is -0.460. The number of aromatic nitrogens is 1. The molecule has 12 heavy (non-hydrogen) atoms. The highest BCUT2D eigenvalue weighted by Gasteiger charge is 2.20. The van der Waals surface area contributed by atoms with E-state index in [2.05, 4.69) is 20.9 Å². The lowest BCUT2D eigenvalue weighted by atomic mass is 10.3. The molecule has 0 aliphatic carbocycles. The third-order valence-corrected chi connectivity index (χ3v) is 3.19. The van der Waals surface area contributed by atoms with Gasteiger partial charge in [-0.15, -0.1) is 11.3 Å². The summed E-state index contributed by atoms with van der Waals surface area (Å²) in [5.74, 6) is -1.04. The van der Waals surface area contributed by atoms with E-state index in [1.807, 2.05) is 0 Å². The van der Waals surface area contributed by atoms with Crippen molar-refractivity contribution in [2.24, 2.45) is 5.73 Å². The summed E-state index contributed by atoms with van der Waals surface area (Å²) in [6.45, 7) is 1.80. The average Bonchev–Trinajstić information content (AvgIpc) is 2.28. The van der Waals surface area contributed by atoms with Crippen LogP contribution in [0, 0.1) is 6.92 Å². The summed E-state index contributed by atoms with van der Waals surface area (Å²) in [6.07, 6.45) is 0. The van der Waals surface area contributed by atoms with Crippen LogP contribution in [0.4, 0.5) is 0 Å². The van der Waals surface area contributed by atoms with Crippen LogP contribution in [0.15, 0.2) is 4.60 Å². The molecule has 0 radical (unpaired) electrons. The molecule has 0 amide bonds. The first kappa shape index (κ1) is 9.63. The van der Waals surface area contributed by atoms with Gasteiger partial charge in [0.15, 0.2) is 0 Å². The first-order chi connectivity index (χ1) is 5.52. The molecule has 1 unspecified atom stereocenters. The third kappa shape index (κ3) is 1.82. The van der Waals surface area contributed by atoms with Crippen LogP contribution in [0.1, 0.15) is 15.9 Å². The van der Waals surface area contributed by atoms with Crippen LogP contribution in [0.3, 0.4) is 0 Å². The van der Waals surface area contributed by atoms with Crippen molar-refractivity contribution in [3.63, 3.8) is 0 Å². The smallest absolute Gasteiger partial charge is 0.326 e. The maximum Gasteiger partial charge on any atom is 0.326 e. The van der Waals surface area contributed by atoms with Crippen LogP contribution in [0.5, 0.6) is 0 Å². The molecule has 0 aromatic carbocycles. The standard InChI is InChI=1S/C6H7BrN2O2S/c1-2-9-5(7)4(12-2)3(8)6(10)11/h3H,8H2,1H3,(H,10,11). The molecule has 0 fully saturated rings. The predicted molar refractivity (Wildman–Crippen MR) is 49.1 cm³/mol. The molecule has 0 aliphatic rings. The molecule has 1 heterocycles. The highest BCUT2D eigenvalue weighted by atomic mass is 79.9. The number of halogens is 1. The van der Waals surface area contributed by atoms with Gasteiger partial charge in [-0.25, -0.2) is 4.98 Å². The van der Waals surface area contributed by atoms with Crippen LogP contribution in [-0.2, 0) is 4.79 Å². The summed E-state index contributed by atoms with van der Waals surface area (Å²) >= 11 is 4.43. The van der Waals surface area contributed by atoms with E-state index in [1.54, 1.807) is 6.92 Å². The van der Waals surface area contributed by atoms with E-state index in [0.29, 0.717) is 9.48 Å². The van der Waals surface area contributed by atoms with Crippen LogP contribution < -0.4 is 5.73 Å². The Bertz CT molecular complexity index is 312. The van der Waals surface area contributed by atoms with Gasteiger partial charge in [-0.3, -0.25) is 4.79 Å². The van der Waals surface area contributed by atoms with Crippen molar-refractivity contribution in [2.45, 2.75) is 13.0 Å². The summed E-state index contributed by atoms with van der Waals surface area (Å²) in [6, 6.07) is -0.981. The number of aryl methyl sites for hydroxylation is 1. The molecule has 66 valence electrons. The minimum absolute atomic E-state index is 0.528. The number of carboxylic acids is 1. The molecule has 3 N–H and O–H groups in total. The van der Waals surface area contributed by atoms with Crippen molar-refractivity contribution in [1.82, 2.24) is 4.98 Å². The SMILES string of the molecule is Cc1nc(Br)c(C(N)C(=O)O)s1. The fourth-order valence-corrected chi connectivity index (χ4v) is 2.41. The van der Waals surface area contributed by atoms with E-state index in [-0.39, 0.29) is 0 Å². The van der Waals surface area contributed by atoms with Gasteiger partial charge in [0.2, 0.25) is 0 Å². The summed E-state index contributed by atoms with van der Waals surface area (Å²) in [5.41, 5.74) is 5.39. The normalized spacial score (nSPS) is 12.9. The van der Waals surface area contributed by atoms with Crippen molar-refractivity contribution >= 4 is 33.2 Å². The Morgan fingerprint density at radius 3 is 2.75 bits per heavy atom. The minimum atomic E-state index is -1.04. The number of hydrogen-bond donors (Lipinski definition) is 2. The van der Waals surface area contributed by atoms with Gasteiger partial charge < -0.3 is 10.8 Å². The van der Waals surface area contributed by atoms with Crippen molar-refractivity contribution in [3.8, 4) is 0 Å². The van der Waals surface area contributed by atoms with E-state index >= 15 is 0 Å². The molecule has 0 spiro atoms. The van der Waals surface area contributed by atoms with E-state index < -0.39 is 12.0 Å². The zero-order valence-corrected chi connectivity index (χ0v) is 8.65. The second kappa shape index (κ2) is 3.51. The summed E-state index contributed by atoms with van der Waals surface area (Å²) < 4.78 is 0.528. The molecule has 1 aromatic heterocycles. The summed E-state index contributed by atoms with van der Waals surface area (Å²) in [5, 5.41) is 9.40. The average molecular weight is 251 g/mol. The van der Waals surface area contributed by atoms with Crippen LogP contribution >= 0.6 is 27.3 Å². The largest absolute Gasteiger partial charge is 0.480 e. The number of hydrogen-bond acceptors (Lipinski definition) is 4. The molecule has 1 rings (SSSR count). The van der Waals surface area contributed by atoms with Crippen LogP contribution in [-0.4, -0.2) is 16.1 Å². The molecule has 0 saturated heterocycles. The lowest BCUT2D eigenvalue weighted by molar-refractivity contribution is -0.138. The Morgan fingerprint density at radius 1 is 1.83 bits per heavy atom. The molecule has 0 bridgehead atoms. The monoisotopic (exact) mass is 250 g/mol. The zero-order chi connectivity index (χ0) is 9.30. The molecular formula is C6H7BrN2O2S. The minimum Gasteiger partial charge on any atom is -0.480 e. The van der Waals surface area contributed by atoms with Gasteiger partial charge in [0.1, 0.15) is 10.6 Å². The highest BCUT2D eigenvalue weighted by molar-refractivity contribution is 9.10. The van der Waals surface area contributed by atoms with Gasteiger partial charge in [-0.1, -0.05) is 0 Å². The summed E-state index contributed by atoms with van der Waals surface area (Å²) in [7, 11) is 0. The molecule has 0 aliphatic heterocycles. The van der Waals surface area contributed by atoms with Crippen molar-refractivity contribution in [2.75, 3.05) is 0 Å². The number of rotatable bonds is 2. The lowest BCUT2D eigenvalue weighted by Crippen LogP contribution is -2.19. The van der Waals surface area contributed by atoms with Crippen molar-refractivity contribution in [3.05, 3.63) is 14.5 Å². The van der Waals surface area contributed by atoms with Gasteiger partial charge in [-0.05, 0) is 22.9 Å². The number of thiazole rings is 1. The van der Waals surface area contributed by atoms with E-state index in [9.17, 15) is 4.79 Å². The highest BCUT2D eigenvalue weighted by Crippen LogP contribution is 2.27. The van der Waals surface area contributed by atoms with Gasteiger partial charge in [0.05, 0.1) is 9.88 Å². The molecule has 0 saturated carbocycles. The molecular weight excluding hydrogens is 244 g/mol. The van der Waals surface area contributed by atoms with Gasteiger partial charge in [0, 0.05) is 0 Å². The first-order valence-electron chi connectivity index (χ1n) is 3.13. The third-order valence-electron chi connectivity index (χ3n) is 1.27. The second-order valence-electron chi connectivity index (χ2n) is 2.20. The number of aliphatic carboxylic acids is 1. The number of carbonyl (C=O) groups is 1. The van der Waals surface area contributed by atoms with E-state index in [4.69, 9.17) is 10.8 Å². The second-order valence-corrected chi connectivity index (χ2v) is 4.19. The number of nitrogens with two attached hydrogens (primary N) is 1. The first-order valence-corrected chi connectivity index (χ1v) is 4.74. The fourth-order valence-electron chi connectivity index (χ4n) is 0.721. The Balaban J connectivity index is 3.02. The number of nitrogens with zero attached hydrogens (tertiary/aromatic N) is 1. The predicted octanol–water partition coefficient (Wildman–Crippen LogP) is 1.30. The Morgan fingerprint density at radius 2 is 2.42 bits per heavy atom. The van der Waals surface area contributed by atoms with Crippen molar-refractivity contribution < 1.29 is 9.90 Å². The fraction of sp³-hybridized carbons (Fsp3) is 0.333. The number of carboxylic acid groups (broad SMARTS) is 1. The van der Waals surface area contributed by atoms with Crippen molar-refractivity contribution in [1.29, 1.82) is 0 Å². The maximum absolute atomic E-state index is 10.5. The molecule has 4 nitrogen and oxygen atoms in total. The molecule has 6 heteroatoms. The Kier molecular flexibility index (Phi) is 2.81. The topological polar surface area (TPSA) is 76.2 Å². The van der Waals surface area contributed by atoms with Crippen LogP contribution in [0.25, 0.3) is 0 Å². The van der Waals surface area contributed by atoms with Gasteiger partial charge >= 0.3 is 5.97 Å². The maximum atomic E-state index is 10.5. The van der Waals surface area contributed by atoms with Crippen LogP contribution in [0.2, 0.25) is 0 Å². The zero-order valence-electron chi connectivity index (χ0n) is 6.24. The molecule has 1 aromatic rings. The Labute approximate surface area is 81.5 Å². The quantitative estimate of drug-likeness (QED) is 0.830. The van der Waals surface area contributed by atoms with Gasteiger partial charge in [0.25, 0.3) is 0 Å². The van der Waals surface area contributed by atoms with E-state index in [1.165, 1.54) is 11.3 Å². The van der Waals surface area contributed by atoms with E-state index in [0.717, 1.165) is 5.01 Å². The molecule has 1 atom stereocenters. The van der Waals surface area contributed by atoms with Gasteiger partial charge in [-0.2, -0.15) is 0 Å². The summed E-state index contributed by atoms with van der Waals surface area (Å²) in [4.78, 5) is 15.1. The lowest BCUT2D eigenvalue weighted by Gasteiger charge is -2.01.